The summed E-state index contributed by atoms with van der Waals surface area (Å²) in [5.41, 5.74) is 0.885. The van der Waals surface area contributed by atoms with Gasteiger partial charge in [0.2, 0.25) is 0 Å². The number of carbonyl (C=O) groups is 1. The van der Waals surface area contributed by atoms with Gasteiger partial charge in [0.25, 0.3) is 5.91 Å². The second-order valence-electron chi connectivity index (χ2n) is 3.59. The van der Waals surface area contributed by atoms with Gasteiger partial charge in [-0.3, -0.25) is 4.79 Å². The van der Waals surface area contributed by atoms with Crippen LogP contribution in [0.5, 0.6) is 0 Å². The van der Waals surface area contributed by atoms with Crippen molar-refractivity contribution in [1.29, 1.82) is 5.26 Å². The fourth-order valence-corrected chi connectivity index (χ4v) is 1.61. The summed E-state index contributed by atoms with van der Waals surface area (Å²) in [6, 6.07) is 9.17. The normalized spacial score (nSPS) is 10.7. The Kier molecular flexibility index (Phi) is 6.80. The Morgan fingerprint density at radius 3 is 2.79 bits per heavy atom. The van der Waals surface area contributed by atoms with E-state index < -0.39 is 5.91 Å². The molecule has 0 aliphatic carbocycles. The summed E-state index contributed by atoms with van der Waals surface area (Å²) in [6.45, 7) is 0.761. The highest BCUT2D eigenvalue weighted by molar-refractivity contribution is 6.31. The Bertz CT molecular complexity index is 509. The minimum atomic E-state index is -0.449. The molecule has 1 aromatic carbocycles. The van der Waals surface area contributed by atoms with Crippen molar-refractivity contribution in [3.8, 4) is 6.07 Å². The van der Waals surface area contributed by atoms with Gasteiger partial charge in [-0.2, -0.15) is 5.26 Å². The van der Waals surface area contributed by atoms with Crippen LogP contribution in [0.15, 0.2) is 36.0 Å². The standard InChI is InChI=1S/C13H13Cl2N3O/c14-5-6-18-13(19)11(7-16)9-17-8-10-3-1-2-4-12(10)15/h1-4,9,17H,5-6,8H2,(H,18,19)/b11-9-. The molecule has 0 unspecified atom stereocenters. The molecule has 100 valence electrons. The zero-order chi connectivity index (χ0) is 14.1. The zero-order valence-electron chi connectivity index (χ0n) is 10.1. The van der Waals surface area contributed by atoms with Crippen molar-refractivity contribution in [2.45, 2.75) is 6.54 Å². The van der Waals surface area contributed by atoms with Gasteiger partial charge in [-0.25, -0.2) is 0 Å². The number of benzene rings is 1. The third-order valence-corrected chi connectivity index (χ3v) is 2.80. The van der Waals surface area contributed by atoms with E-state index in [1.54, 1.807) is 6.07 Å². The number of carbonyl (C=O) groups excluding carboxylic acids is 1. The number of nitriles is 1. The van der Waals surface area contributed by atoms with E-state index in [1.807, 2.05) is 24.3 Å². The molecule has 0 aliphatic rings. The lowest BCUT2D eigenvalue weighted by molar-refractivity contribution is -0.117. The second-order valence-corrected chi connectivity index (χ2v) is 4.37. The Morgan fingerprint density at radius 1 is 1.42 bits per heavy atom. The lowest BCUT2D eigenvalue weighted by Crippen LogP contribution is -2.27. The van der Waals surface area contributed by atoms with Gasteiger partial charge in [0.05, 0.1) is 0 Å². The van der Waals surface area contributed by atoms with Crippen LogP contribution in [0, 0.1) is 11.3 Å². The highest BCUT2D eigenvalue weighted by Crippen LogP contribution is 2.14. The molecule has 0 saturated carbocycles. The van der Waals surface area contributed by atoms with Crippen LogP contribution in [-0.2, 0) is 11.3 Å². The molecular formula is C13H13Cl2N3O. The first kappa shape index (κ1) is 15.4. The average Bonchev–Trinajstić information content (AvgIpc) is 2.43. The van der Waals surface area contributed by atoms with Crippen LogP contribution in [-0.4, -0.2) is 18.3 Å². The third kappa shape index (κ3) is 5.21. The Balaban J connectivity index is 2.57. The number of alkyl halides is 1. The van der Waals surface area contributed by atoms with Crippen molar-refractivity contribution < 1.29 is 4.79 Å². The van der Waals surface area contributed by atoms with E-state index in [4.69, 9.17) is 28.5 Å². The molecule has 4 nitrogen and oxygen atoms in total. The van der Waals surface area contributed by atoms with Gasteiger partial charge in [-0.15, -0.1) is 11.6 Å². The Morgan fingerprint density at radius 2 is 2.16 bits per heavy atom. The predicted molar refractivity (Wildman–Crippen MR) is 75.7 cm³/mol. The van der Waals surface area contributed by atoms with Gasteiger partial charge in [0.1, 0.15) is 11.6 Å². The highest BCUT2D eigenvalue weighted by atomic mass is 35.5. The van der Waals surface area contributed by atoms with Crippen LogP contribution in [0.2, 0.25) is 5.02 Å². The van der Waals surface area contributed by atoms with Crippen molar-refractivity contribution in [2.75, 3.05) is 12.4 Å². The van der Waals surface area contributed by atoms with Gasteiger partial charge < -0.3 is 10.6 Å². The molecular weight excluding hydrogens is 285 g/mol. The maximum absolute atomic E-state index is 11.5. The van der Waals surface area contributed by atoms with Crippen molar-refractivity contribution in [3.05, 3.63) is 46.6 Å². The molecule has 0 fully saturated rings. The van der Waals surface area contributed by atoms with E-state index in [0.29, 0.717) is 24.0 Å². The summed E-state index contributed by atoms with van der Waals surface area (Å²) in [4.78, 5) is 11.5. The molecule has 0 aliphatic heterocycles. The summed E-state index contributed by atoms with van der Waals surface area (Å²) >= 11 is 11.4. The van der Waals surface area contributed by atoms with Crippen LogP contribution < -0.4 is 10.6 Å². The van der Waals surface area contributed by atoms with Gasteiger partial charge in [-0.05, 0) is 11.6 Å². The average molecular weight is 298 g/mol. The number of hydrogen-bond acceptors (Lipinski definition) is 3. The van der Waals surface area contributed by atoms with E-state index in [1.165, 1.54) is 6.20 Å². The fourth-order valence-electron chi connectivity index (χ4n) is 1.31. The van der Waals surface area contributed by atoms with Crippen LogP contribution in [0.4, 0.5) is 0 Å². The lowest BCUT2D eigenvalue weighted by atomic mass is 10.2. The molecule has 0 saturated heterocycles. The van der Waals surface area contributed by atoms with Crippen LogP contribution >= 0.6 is 23.2 Å². The maximum atomic E-state index is 11.5. The van der Waals surface area contributed by atoms with Crippen molar-refractivity contribution in [3.63, 3.8) is 0 Å². The van der Waals surface area contributed by atoms with E-state index in [2.05, 4.69) is 10.6 Å². The molecule has 0 spiro atoms. The quantitative estimate of drug-likeness (QED) is 0.481. The molecule has 19 heavy (non-hydrogen) atoms. The minimum Gasteiger partial charge on any atom is -0.386 e. The molecule has 0 radical (unpaired) electrons. The van der Waals surface area contributed by atoms with Crippen molar-refractivity contribution in [1.82, 2.24) is 10.6 Å². The summed E-state index contributed by atoms with van der Waals surface area (Å²) in [5, 5.41) is 14.9. The van der Waals surface area contributed by atoms with Crippen molar-refractivity contribution >= 4 is 29.1 Å². The molecule has 0 atom stereocenters. The molecule has 1 amide bonds. The molecule has 6 heteroatoms. The van der Waals surface area contributed by atoms with E-state index in [9.17, 15) is 4.79 Å². The SMILES string of the molecule is N#C/C(=C/NCc1ccccc1Cl)C(=O)NCCCl. The van der Waals surface area contributed by atoms with Crippen LogP contribution in [0.3, 0.4) is 0 Å². The van der Waals surface area contributed by atoms with Gasteiger partial charge in [0.15, 0.2) is 0 Å². The molecule has 1 aromatic rings. The highest BCUT2D eigenvalue weighted by Gasteiger charge is 2.07. The predicted octanol–water partition coefficient (Wildman–Crippen LogP) is 2.19. The van der Waals surface area contributed by atoms with E-state index in [0.717, 1.165) is 5.56 Å². The number of rotatable bonds is 6. The second kappa shape index (κ2) is 8.41. The van der Waals surface area contributed by atoms with Crippen LogP contribution in [0.1, 0.15) is 5.56 Å². The number of hydrogen-bond donors (Lipinski definition) is 2. The topological polar surface area (TPSA) is 64.9 Å². The number of halogens is 2. The smallest absolute Gasteiger partial charge is 0.263 e. The first-order chi connectivity index (χ1) is 9.19. The minimum absolute atomic E-state index is 0.00262. The summed E-state index contributed by atoms with van der Waals surface area (Å²) in [7, 11) is 0. The molecule has 0 heterocycles. The first-order valence-electron chi connectivity index (χ1n) is 5.60. The summed E-state index contributed by atoms with van der Waals surface area (Å²) in [5.74, 6) is -0.146. The summed E-state index contributed by atoms with van der Waals surface area (Å²) in [6.07, 6.45) is 1.37. The first-order valence-corrected chi connectivity index (χ1v) is 6.51. The number of amides is 1. The largest absolute Gasteiger partial charge is 0.386 e. The molecule has 0 bridgehead atoms. The molecule has 0 aromatic heterocycles. The van der Waals surface area contributed by atoms with Crippen molar-refractivity contribution in [2.24, 2.45) is 0 Å². The van der Waals surface area contributed by atoms with Gasteiger partial charge in [-0.1, -0.05) is 29.8 Å². The monoisotopic (exact) mass is 297 g/mol. The van der Waals surface area contributed by atoms with Gasteiger partial charge in [0, 0.05) is 30.2 Å². The van der Waals surface area contributed by atoms with E-state index >= 15 is 0 Å². The number of nitrogens with one attached hydrogen (secondary N) is 2. The Labute approximate surface area is 122 Å². The zero-order valence-corrected chi connectivity index (χ0v) is 11.6. The summed E-state index contributed by atoms with van der Waals surface area (Å²) < 4.78 is 0. The van der Waals surface area contributed by atoms with Crippen LogP contribution in [0.25, 0.3) is 0 Å². The van der Waals surface area contributed by atoms with E-state index in [-0.39, 0.29) is 5.57 Å². The maximum Gasteiger partial charge on any atom is 0.263 e. The fraction of sp³-hybridized carbons (Fsp3) is 0.231. The molecule has 1 rings (SSSR count). The van der Waals surface area contributed by atoms with Gasteiger partial charge >= 0.3 is 0 Å². The third-order valence-electron chi connectivity index (χ3n) is 2.24. The molecule has 2 N–H and O–H groups in total. The Hall–Kier alpha value is -1.70. The number of nitrogens with zero attached hydrogens (tertiary/aromatic N) is 1. The lowest BCUT2D eigenvalue weighted by Gasteiger charge is -2.05.